The summed E-state index contributed by atoms with van der Waals surface area (Å²) in [6.07, 6.45) is 0.835. The van der Waals surface area contributed by atoms with Gasteiger partial charge in [0.2, 0.25) is 0 Å². The number of methoxy groups -OCH3 is 1. The number of ether oxygens (including phenoxy) is 1. The number of carboxylic acids is 1. The minimum atomic E-state index is -0.856. The predicted molar refractivity (Wildman–Crippen MR) is 63.9 cm³/mol. The molecule has 0 bridgehead atoms. The highest BCUT2D eigenvalue weighted by atomic mass is 16.5. The number of hydrogen-bond donors (Lipinski definition) is 3. The Kier molecular flexibility index (Phi) is 8.13. The van der Waals surface area contributed by atoms with Gasteiger partial charge < -0.3 is 20.5 Å². The molecule has 0 aliphatic rings. The molecule has 2 atom stereocenters. The van der Waals surface area contributed by atoms with Crippen LogP contribution >= 0.6 is 0 Å². The number of nitrogens with one attached hydrogen (secondary N) is 2. The van der Waals surface area contributed by atoms with Gasteiger partial charge in [-0.15, -0.1) is 0 Å². The van der Waals surface area contributed by atoms with Gasteiger partial charge in [0.15, 0.2) is 0 Å². The second kappa shape index (κ2) is 8.81. The fourth-order valence-corrected chi connectivity index (χ4v) is 1.34. The minimum absolute atomic E-state index is 0.0187. The lowest BCUT2D eigenvalue weighted by atomic mass is 10.1. The molecular formula is C11H22N2O4. The molecule has 0 fully saturated rings. The molecular weight excluding hydrogens is 224 g/mol. The molecule has 0 saturated heterocycles. The fourth-order valence-electron chi connectivity index (χ4n) is 1.34. The number of carbonyl (C=O) groups is 2. The number of hydrogen-bond acceptors (Lipinski definition) is 3. The van der Waals surface area contributed by atoms with E-state index >= 15 is 0 Å². The molecule has 0 aromatic rings. The molecule has 0 aliphatic heterocycles. The topological polar surface area (TPSA) is 87.7 Å². The van der Waals surface area contributed by atoms with E-state index in [-0.39, 0.29) is 24.4 Å². The van der Waals surface area contributed by atoms with Crippen LogP contribution in [0.1, 0.15) is 26.7 Å². The van der Waals surface area contributed by atoms with Gasteiger partial charge in [-0.2, -0.15) is 0 Å². The molecule has 0 aromatic heterocycles. The van der Waals surface area contributed by atoms with Crippen LogP contribution in [-0.4, -0.2) is 43.4 Å². The first-order valence-corrected chi connectivity index (χ1v) is 5.74. The van der Waals surface area contributed by atoms with E-state index in [0.717, 1.165) is 6.42 Å². The molecule has 17 heavy (non-hydrogen) atoms. The lowest BCUT2D eigenvalue weighted by Crippen LogP contribution is -2.45. The third-order valence-corrected chi connectivity index (χ3v) is 2.33. The second-order valence-electron chi connectivity index (χ2n) is 4.12. The average Bonchev–Trinajstić information content (AvgIpc) is 2.25. The quantitative estimate of drug-likeness (QED) is 0.591. The van der Waals surface area contributed by atoms with Crippen LogP contribution in [-0.2, 0) is 9.53 Å². The third-order valence-electron chi connectivity index (χ3n) is 2.33. The molecule has 2 amide bonds. The highest BCUT2D eigenvalue weighted by molar-refractivity contribution is 5.74. The molecule has 100 valence electrons. The Hall–Kier alpha value is -1.30. The maximum absolute atomic E-state index is 11.5. The van der Waals surface area contributed by atoms with Crippen molar-refractivity contribution in [2.24, 2.45) is 5.92 Å². The lowest BCUT2D eigenvalue weighted by Gasteiger charge is -2.17. The van der Waals surface area contributed by atoms with E-state index < -0.39 is 5.97 Å². The molecule has 0 heterocycles. The first-order chi connectivity index (χ1) is 7.99. The molecule has 6 nitrogen and oxygen atoms in total. The smallest absolute Gasteiger partial charge is 0.315 e. The summed E-state index contributed by atoms with van der Waals surface area (Å²) < 4.78 is 4.95. The van der Waals surface area contributed by atoms with Gasteiger partial charge in [0.05, 0.1) is 12.6 Å². The molecule has 0 aliphatic carbocycles. The Balaban J connectivity index is 3.81. The molecule has 6 heteroatoms. The zero-order valence-corrected chi connectivity index (χ0v) is 10.7. The number of aliphatic carboxylic acids is 1. The van der Waals surface area contributed by atoms with Gasteiger partial charge in [-0.25, -0.2) is 4.79 Å². The zero-order chi connectivity index (χ0) is 13.3. The van der Waals surface area contributed by atoms with Crippen molar-refractivity contribution < 1.29 is 19.4 Å². The van der Waals surface area contributed by atoms with E-state index in [1.807, 2.05) is 6.92 Å². The summed E-state index contributed by atoms with van der Waals surface area (Å²) in [5.41, 5.74) is 0. The van der Waals surface area contributed by atoms with Crippen LogP contribution in [0.15, 0.2) is 0 Å². The average molecular weight is 246 g/mol. The van der Waals surface area contributed by atoms with E-state index in [9.17, 15) is 9.59 Å². The third kappa shape index (κ3) is 8.50. The molecule has 0 aromatic carbocycles. The first kappa shape index (κ1) is 15.7. The van der Waals surface area contributed by atoms with Gasteiger partial charge in [0.25, 0.3) is 0 Å². The van der Waals surface area contributed by atoms with Crippen LogP contribution in [0.3, 0.4) is 0 Å². The van der Waals surface area contributed by atoms with Crippen LogP contribution in [0.2, 0.25) is 0 Å². The predicted octanol–water partition coefficient (Wildman–Crippen LogP) is 0.821. The van der Waals surface area contributed by atoms with Gasteiger partial charge in [-0.05, 0) is 12.3 Å². The summed E-state index contributed by atoms with van der Waals surface area (Å²) in [5, 5.41) is 14.0. The fraction of sp³-hybridized carbons (Fsp3) is 0.818. The number of carbonyl (C=O) groups excluding carboxylic acids is 1. The van der Waals surface area contributed by atoms with Crippen LogP contribution in [0.4, 0.5) is 4.79 Å². The molecule has 0 radical (unpaired) electrons. The second-order valence-corrected chi connectivity index (χ2v) is 4.12. The maximum Gasteiger partial charge on any atom is 0.315 e. The van der Waals surface area contributed by atoms with E-state index in [1.54, 1.807) is 14.0 Å². The van der Waals surface area contributed by atoms with Crippen LogP contribution in [0.5, 0.6) is 0 Å². The largest absolute Gasteiger partial charge is 0.481 e. The number of rotatable bonds is 8. The first-order valence-electron chi connectivity index (χ1n) is 5.74. The SMILES string of the molecule is CCC(COC)NC(=O)NCC(C)CC(=O)O. The van der Waals surface area contributed by atoms with Gasteiger partial charge in [0.1, 0.15) is 0 Å². The lowest BCUT2D eigenvalue weighted by molar-refractivity contribution is -0.137. The summed E-state index contributed by atoms with van der Waals surface area (Å²) in [7, 11) is 1.58. The van der Waals surface area contributed by atoms with Crippen LogP contribution in [0.25, 0.3) is 0 Å². The Bertz CT molecular complexity index is 246. The monoisotopic (exact) mass is 246 g/mol. The Morgan fingerprint density at radius 1 is 1.41 bits per heavy atom. The van der Waals surface area contributed by atoms with E-state index in [4.69, 9.17) is 9.84 Å². The maximum atomic E-state index is 11.5. The van der Waals surface area contributed by atoms with Gasteiger partial charge in [-0.1, -0.05) is 13.8 Å². The minimum Gasteiger partial charge on any atom is -0.481 e. The number of amides is 2. The Labute approximate surface area is 102 Å². The van der Waals surface area contributed by atoms with Crippen LogP contribution in [0, 0.1) is 5.92 Å². The van der Waals surface area contributed by atoms with Crippen molar-refractivity contribution >= 4 is 12.0 Å². The van der Waals surface area contributed by atoms with Gasteiger partial charge in [0, 0.05) is 20.1 Å². The molecule has 0 saturated carbocycles. The van der Waals surface area contributed by atoms with E-state index in [2.05, 4.69) is 10.6 Å². The summed E-state index contributed by atoms with van der Waals surface area (Å²) >= 11 is 0. The zero-order valence-electron chi connectivity index (χ0n) is 10.7. The standard InChI is InChI=1S/C11H22N2O4/c1-4-9(7-17-3)13-11(16)12-6-8(2)5-10(14)15/h8-9H,4-7H2,1-3H3,(H,14,15)(H2,12,13,16). The number of carboxylic acid groups (broad SMARTS) is 1. The van der Waals surface area contributed by atoms with E-state index in [1.165, 1.54) is 0 Å². The number of urea groups is 1. The van der Waals surface area contributed by atoms with E-state index in [0.29, 0.717) is 13.2 Å². The molecule has 2 unspecified atom stereocenters. The highest BCUT2D eigenvalue weighted by Gasteiger charge is 2.12. The molecule has 0 rings (SSSR count). The van der Waals surface area contributed by atoms with Crippen molar-refractivity contribution in [2.45, 2.75) is 32.7 Å². The van der Waals surface area contributed by atoms with Crippen molar-refractivity contribution in [1.29, 1.82) is 0 Å². The van der Waals surface area contributed by atoms with Crippen molar-refractivity contribution in [3.8, 4) is 0 Å². The normalized spacial score (nSPS) is 13.8. The van der Waals surface area contributed by atoms with Crippen LogP contribution < -0.4 is 10.6 Å². The molecule has 3 N–H and O–H groups in total. The summed E-state index contributed by atoms with van der Waals surface area (Å²) in [4.78, 5) is 21.9. The van der Waals surface area contributed by atoms with Crippen molar-refractivity contribution in [3.05, 3.63) is 0 Å². The van der Waals surface area contributed by atoms with Crippen molar-refractivity contribution in [3.63, 3.8) is 0 Å². The summed E-state index contributed by atoms with van der Waals surface area (Å²) in [6, 6.07) is -0.305. The highest BCUT2D eigenvalue weighted by Crippen LogP contribution is 1.99. The van der Waals surface area contributed by atoms with Gasteiger partial charge in [-0.3, -0.25) is 4.79 Å². The Morgan fingerprint density at radius 3 is 2.53 bits per heavy atom. The summed E-state index contributed by atoms with van der Waals surface area (Å²) in [5.74, 6) is -0.939. The molecule has 0 spiro atoms. The van der Waals surface area contributed by atoms with Gasteiger partial charge >= 0.3 is 12.0 Å². The van der Waals surface area contributed by atoms with Crippen molar-refractivity contribution in [2.75, 3.05) is 20.3 Å². The Morgan fingerprint density at radius 2 is 2.06 bits per heavy atom. The summed E-state index contributed by atoms with van der Waals surface area (Å²) in [6.45, 7) is 4.55. The van der Waals surface area contributed by atoms with Crippen molar-refractivity contribution in [1.82, 2.24) is 10.6 Å².